The van der Waals surface area contributed by atoms with E-state index in [0.29, 0.717) is 5.92 Å². The zero-order valence-corrected chi connectivity index (χ0v) is 15.1. The van der Waals surface area contributed by atoms with Crippen molar-refractivity contribution in [3.8, 4) is 0 Å². The van der Waals surface area contributed by atoms with E-state index in [1.54, 1.807) is 0 Å². The molecule has 2 bridgehead atoms. The number of rotatable bonds is 1. The quantitative estimate of drug-likeness (QED) is 0.589. The molecule has 1 aliphatic heterocycles. The van der Waals surface area contributed by atoms with Gasteiger partial charge in [-0.25, -0.2) is 0 Å². The van der Waals surface area contributed by atoms with Gasteiger partial charge in [-0.05, 0) is 69.6 Å². The molecule has 3 rings (SSSR count). The molecule has 3 nitrogen and oxygen atoms in total. The van der Waals surface area contributed by atoms with Gasteiger partial charge in [-0.3, -0.25) is 4.79 Å². The zero-order valence-electron chi connectivity index (χ0n) is 15.1. The molecular weight excluding hydrogens is 288 g/mol. The van der Waals surface area contributed by atoms with Crippen molar-refractivity contribution in [1.82, 2.24) is 0 Å². The number of aliphatic hydroxyl groups excluding tert-OH is 1. The molecular formula is C20H32O3. The van der Waals surface area contributed by atoms with E-state index >= 15 is 0 Å². The molecule has 2 aliphatic carbocycles. The molecule has 3 heteroatoms. The van der Waals surface area contributed by atoms with Crippen LogP contribution in [0.5, 0.6) is 0 Å². The molecule has 1 saturated carbocycles. The van der Waals surface area contributed by atoms with Crippen LogP contribution in [0.4, 0.5) is 0 Å². The number of ether oxygens (including phenoxy) is 1. The van der Waals surface area contributed by atoms with E-state index < -0.39 is 0 Å². The van der Waals surface area contributed by atoms with Gasteiger partial charge < -0.3 is 9.84 Å². The van der Waals surface area contributed by atoms with Crippen LogP contribution in [0.25, 0.3) is 0 Å². The molecule has 0 aromatic carbocycles. The molecule has 0 radical (unpaired) electrons. The highest BCUT2D eigenvalue weighted by molar-refractivity contribution is 5.89. The summed E-state index contributed by atoms with van der Waals surface area (Å²) in [6.07, 6.45) is 8.11. The first kappa shape index (κ1) is 17.2. The van der Waals surface area contributed by atoms with E-state index in [2.05, 4.69) is 33.8 Å². The molecule has 0 spiro atoms. The second kappa shape index (κ2) is 6.00. The predicted octanol–water partition coefficient (Wildman–Crippen LogP) is 3.89. The number of aliphatic hydroxyl groups is 1. The second-order valence-corrected chi connectivity index (χ2v) is 8.68. The number of fused-ring (bicyclic) bond motifs is 3. The fraction of sp³-hybridized carbons (Fsp3) is 0.850. The average molecular weight is 320 g/mol. The largest absolute Gasteiger partial charge is 0.396 e. The molecule has 0 aromatic rings. The molecule has 130 valence electrons. The summed E-state index contributed by atoms with van der Waals surface area (Å²) in [4.78, 5) is 13.0. The maximum Gasteiger partial charge on any atom is 0.168 e. The summed E-state index contributed by atoms with van der Waals surface area (Å²) in [7, 11) is 0. The van der Waals surface area contributed by atoms with Gasteiger partial charge in [-0.1, -0.05) is 25.5 Å². The Balaban J connectivity index is 1.95. The van der Waals surface area contributed by atoms with Crippen molar-refractivity contribution >= 4 is 5.78 Å². The Morgan fingerprint density at radius 2 is 2.04 bits per heavy atom. The van der Waals surface area contributed by atoms with E-state index in [-0.39, 0.29) is 41.3 Å². The summed E-state index contributed by atoms with van der Waals surface area (Å²) in [5.41, 5.74) is 1.20. The molecule has 1 saturated heterocycles. The van der Waals surface area contributed by atoms with Gasteiger partial charge in [0.05, 0.1) is 0 Å². The molecule has 1 N–H and O–H groups in total. The van der Waals surface area contributed by atoms with Crippen LogP contribution in [0.15, 0.2) is 11.6 Å². The van der Waals surface area contributed by atoms with Crippen molar-refractivity contribution in [3.05, 3.63) is 11.6 Å². The highest BCUT2D eigenvalue weighted by Gasteiger charge is 2.60. The minimum atomic E-state index is -0.271. The van der Waals surface area contributed by atoms with Gasteiger partial charge >= 0.3 is 0 Å². The van der Waals surface area contributed by atoms with E-state index in [4.69, 9.17) is 4.74 Å². The van der Waals surface area contributed by atoms with Crippen molar-refractivity contribution in [2.75, 3.05) is 6.61 Å². The van der Waals surface area contributed by atoms with Crippen LogP contribution in [-0.4, -0.2) is 29.2 Å². The first-order valence-corrected chi connectivity index (χ1v) is 9.30. The van der Waals surface area contributed by atoms with Crippen molar-refractivity contribution in [2.24, 2.45) is 23.2 Å². The third-order valence-corrected chi connectivity index (χ3v) is 7.27. The lowest BCUT2D eigenvalue weighted by atomic mass is 9.55. The zero-order chi connectivity index (χ0) is 16.8. The van der Waals surface area contributed by atoms with E-state index in [1.165, 1.54) is 5.57 Å². The van der Waals surface area contributed by atoms with Crippen molar-refractivity contribution in [2.45, 2.75) is 77.9 Å². The van der Waals surface area contributed by atoms with Crippen LogP contribution in [0.2, 0.25) is 0 Å². The third-order valence-electron chi connectivity index (χ3n) is 7.27. The Hall–Kier alpha value is -0.670. The Morgan fingerprint density at radius 1 is 1.30 bits per heavy atom. The standard InChI is InChI=1S/C20H32O3/c1-13-6-5-10-20(4)18(23-20)17(22)15-8-7-14(2)19(3,11-9-13)16(15)12-21/h6,14-16,18,21H,5,7-12H2,1-4H3/b13-6+/t14-,15-,16+,18-,19+,20-/m1/s1. The second-order valence-electron chi connectivity index (χ2n) is 8.68. The summed E-state index contributed by atoms with van der Waals surface area (Å²) in [5, 5.41) is 10.1. The minimum Gasteiger partial charge on any atom is -0.396 e. The number of carbonyl (C=O) groups is 1. The predicted molar refractivity (Wildman–Crippen MR) is 91.1 cm³/mol. The number of ketones is 1. The highest BCUT2D eigenvalue weighted by Crippen LogP contribution is 2.54. The van der Waals surface area contributed by atoms with Gasteiger partial charge in [0.25, 0.3) is 0 Å². The number of hydrogen-bond donors (Lipinski definition) is 1. The Morgan fingerprint density at radius 3 is 2.74 bits per heavy atom. The van der Waals surface area contributed by atoms with Gasteiger partial charge in [-0.15, -0.1) is 0 Å². The van der Waals surface area contributed by atoms with Gasteiger partial charge in [0.15, 0.2) is 5.78 Å². The van der Waals surface area contributed by atoms with Crippen LogP contribution >= 0.6 is 0 Å². The first-order valence-electron chi connectivity index (χ1n) is 9.30. The van der Waals surface area contributed by atoms with Crippen molar-refractivity contribution in [3.63, 3.8) is 0 Å². The maximum absolute atomic E-state index is 13.0. The monoisotopic (exact) mass is 320 g/mol. The number of Topliss-reactive ketones (excluding diaryl/α,β-unsaturated/α-hetero) is 1. The number of hydrogen-bond acceptors (Lipinski definition) is 3. The lowest BCUT2D eigenvalue weighted by Gasteiger charge is -2.49. The molecule has 23 heavy (non-hydrogen) atoms. The van der Waals surface area contributed by atoms with Crippen molar-refractivity contribution in [1.29, 1.82) is 0 Å². The molecule has 3 aliphatic rings. The van der Waals surface area contributed by atoms with E-state index in [0.717, 1.165) is 38.5 Å². The van der Waals surface area contributed by atoms with Crippen LogP contribution in [0.3, 0.4) is 0 Å². The van der Waals surface area contributed by atoms with Crippen LogP contribution in [-0.2, 0) is 9.53 Å². The molecule has 0 amide bonds. The summed E-state index contributed by atoms with van der Waals surface area (Å²) in [6, 6.07) is 0. The van der Waals surface area contributed by atoms with Crippen LogP contribution < -0.4 is 0 Å². The lowest BCUT2D eigenvalue weighted by molar-refractivity contribution is -0.134. The number of allylic oxidation sites excluding steroid dienone is 2. The fourth-order valence-corrected chi connectivity index (χ4v) is 5.05. The smallest absolute Gasteiger partial charge is 0.168 e. The summed E-state index contributed by atoms with van der Waals surface area (Å²) in [5.74, 6) is 0.841. The van der Waals surface area contributed by atoms with Gasteiger partial charge in [-0.2, -0.15) is 0 Å². The van der Waals surface area contributed by atoms with Gasteiger partial charge in [0.1, 0.15) is 11.7 Å². The minimum absolute atomic E-state index is 0.0308. The SMILES string of the molecule is C/C1=C\CC[C@@]2(C)O[C@@H]2C(=O)[C@@H]2CC[C@@H](C)[C@](C)(CC1)[C@H]2CO. The molecule has 0 aromatic heterocycles. The normalized spacial score (nSPS) is 50.1. The average Bonchev–Trinajstić information content (AvgIpc) is 3.18. The maximum atomic E-state index is 13.0. The van der Waals surface area contributed by atoms with Gasteiger partial charge in [0.2, 0.25) is 0 Å². The molecule has 2 fully saturated rings. The molecule has 1 heterocycles. The number of epoxide rings is 1. The summed E-state index contributed by atoms with van der Waals surface area (Å²) in [6.45, 7) is 9.00. The topological polar surface area (TPSA) is 49.8 Å². The van der Waals surface area contributed by atoms with Crippen molar-refractivity contribution < 1.29 is 14.6 Å². The summed E-state index contributed by atoms with van der Waals surface area (Å²) >= 11 is 0. The Bertz CT molecular complexity index is 511. The van der Waals surface area contributed by atoms with E-state index in [1.807, 2.05) is 0 Å². The highest BCUT2D eigenvalue weighted by atomic mass is 16.6. The van der Waals surface area contributed by atoms with Crippen LogP contribution in [0, 0.1) is 23.2 Å². The number of carbonyl (C=O) groups excluding carboxylic acids is 1. The van der Waals surface area contributed by atoms with Crippen LogP contribution in [0.1, 0.15) is 66.2 Å². The van der Waals surface area contributed by atoms with E-state index in [9.17, 15) is 9.90 Å². The Kier molecular flexibility index (Phi) is 4.48. The molecule has 0 unspecified atom stereocenters. The van der Waals surface area contributed by atoms with Gasteiger partial charge in [0, 0.05) is 12.5 Å². The first-order chi connectivity index (χ1) is 10.8. The summed E-state index contributed by atoms with van der Waals surface area (Å²) < 4.78 is 5.85. The molecule has 6 atom stereocenters. The lowest BCUT2D eigenvalue weighted by Crippen LogP contribution is -2.48. The Labute approximate surface area is 140 Å². The fourth-order valence-electron chi connectivity index (χ4n) is 5.05. The third kappa shape index (κ3) is 2.91.